The van der Waals surface area contributed by atoms with Crippen molar-refractivity contribution in [1.82, 2.24) is 0 Å². The first-order valence-corrected chi connectivity index (χ1v) is 12.4. The van der Waals surface area contributed by atoms with Crippen LogP contribution in [0.4, 0.5) is 0 Å². The van der Waals surface area contributed by atoms with Gasteiger partial charge in [0.15, 0.2) is 0 Å². The van der Waals surface area contributed by atoms with Crippen LogP contribution in [-0.2, 0) is 5.41 Å². The minimum Gasteiger partial charge on any atom is -0.0622 e. The molecule has 0 saturated carbocycles. The Morgan fingerprint density at radius 3 is 1.51 bits per heavy atom. The maximum Gasteiger partial charge on any atom is 0.0159 e. The van der Waals surface area contributed by atoms with E-state index >= 15 is 0 Å². The van der Waals surface area contributed by atoms with Gasteiger partial charge >= 0.3 is 0 Å². The molecule has 0 aliphatic heterocycles. The van der Waals surface area contributed by atoms with Gasteiger partial charge in [0.2, 0.25) is 0 Å². The van der Waals surface area contributed by atoms with Gasteiger partial charge in [-0.2, -0.15) is 0 Å². The van der Waals surface area contributed by atoms with E-state index in [0.717, 1.165) is 0 Å². The Morgan fingerprint density at radius 1 is 0.371 bits per heavy atom. The molecule has 0 fully saturated rings. The van der Waals surface area contributed by atoms with Gasteiger partial charge in [-0.15, -0.1) is 0 Å². The molecule has 6 aromatic carbocycles. The summed E-state index contributed by atoms with van der Waals surface area (Å²) in [6.07, 6.45) is 0. The van der Waals surface area contributed by atoms with Crippen molar-refractivity contribution >= 4 is 21.5 Å². The summed E-state index contributed by atoms with van der Waals surface area (Å²) in [6.45, 7) is 4.71. The monoisotopic (exact) mass is 446 g/mol. The molecular formula is C35H26. The van der Waals surface area contributed by atoms with Crippen molar-refractivity contribution in [2.24, 2.45) is 0 Å². The second-order valence-corrected chi connectivity index (χ2v) is 10.1. The summed E-state index contributed by atoms with van der Waals surface area (Å²) in [6, 6.07) is 44.5. The van der Waals surface area contributed by atoms with Crippen LogP contribution in [0.3, 0.4) is 0 Å². The fourth-order valence-electron chi connectivity index (χ4n) is 6.30. The van der Waals surface area contributed by atoms with Crippen LogP contribution in [0, 0.1) is 0 Å². The van der Waals surface area contributed by atoms with Crippen LogP contribution in [0.25, 0.3) is 54.9 Å². The van der Waals surface area contributed by atoms with E-state index in [4.69, 9.17) is 0 Å². The van der Waals surface area contributed by atoms with Crippen LogP contribution >= 0.6 is 0 Å². The largest absolute Gasteiger partial charge is 0.0622 e. The Morgan fingerprint density at radius 2 is 0.857 bits per heavy atom. The van der Waals surface area contributed by atoms with E-state index in [1.165, 1.54) is 66.1 Å². The third-order valence-electron chi connectivity index (χ3n) is 7.87. The van der Waals surface area contributed by atoms with Crippen LogP contribution in [0.5, 0.6) is 0 Å². The van der Waals surface area contributed by atoms with E-state index in [9.17, 15) is 0 Å². The summed E-state index contributed by atoms with van der Waals surface area (Å²) >= 11 is 0. The van der Waals surface area contributed by atoms with Crippen molar-refractivity contribution in [1.29, 1.82) is 0 Å². The van der Waals surface area contributed by atoms with Gasteiger partial charge in [-0.3, -0.25) is 0 Å². The SMILES string of the molecule is CC1(C)c2ccccc2-c2c(-c3c4ccccc4c(-c4ccccc4)c4ccccc34)cccc21. The predicted octanol–water partition coefficient (Wildman–Crippen LogP) is 9.63. The summed E-state index contributed by atoms with van der Waals surface area (Å²) in [5.41, 5.74) is 10.8. The molecule has 0 bridgehead atoms. The molecule has 0 amide bonds. The Kier molecular flexibility index (Phi) is 4.29. The summed E-state index contributed by atoms with van der Waals surface area (Å²) < 4.78 is 0. The third kappa shape index (κ3) is 2.80. The lowest BCUT2D eigenvalue weighted by Crippen LogP contribution is -2.14. The quantitative estimate of drug-likeness (QED) is 0.232. The maximum atomic E-state index is 2.36. The molecule has 166 valence electrons. The van der Waals surface area contributed by atoms with Gasteiger partial charge in [0.05, 0.1) is 0 Å². The van der Waals surface area contributed by atoms with Crippen LogP contribution in [0.2, 0.25) is 0 Å². The van der Waals surface area contributed by atoms with Crippen molar-refractivity contribution < 1.29 is 0 Å². The van der Waals surface area contributed by atoms with Crippen molar-refractivity contribution in [3.8, 4) is 33.4 Å². The van der Waals surface area contributed by atoms with E-state index in [-0.39, 0.29) is 5.41 Å². The van der Waals surface area contributed by atoms with E-state index in [1.807, 2.05) is 0 Å². The highest BCUT2D eigenvalue weighted by Crippen LogP contribution is 2.54. The van der Waals surface area contributed by atoms with E-state index in [2.05, 4.69) is 135 Å². The Bertz CT molecular complexity index is 1700. The summed E-state index contributed by atoms with van der Waals surface area (Å²) in [5, 5.41) is 5.22. The second-order valence-electron chi connectivity index (χ2n) is 10.1. The molecule has 0 saturated heterocycles. The molecule has 0 unspecified atom stereocenters. The molecular weight excluding hydrogens is 420 g/mol. The standard InChI is InChI=1S/C35H26/c1-35(2)30-21-11-10-19-28(30)34-29(20-12-22-31(34)35)33-26-17-8-6-15-24(26)32(23-13-4-3-5-14-23)25-16-7-9-18-27(25)33/h3-22H,1-2H3. The lowest BCUT2D eigenvalue weighted by atomic mass is 9.81. The number of rotatable bonds is 2. The number of hydrogen-bond donors (Lipinski definition) is 0. The zero-order chi connectivity index (χ0) is 23.6. The molecule has 0 nitrogen and oxygen atoms in total. The lowest BCUT2D eigenvalue weighted by molar-refractivity contribution is 0.660. The molecule has 0 heteroatoms. The van der Waals surface area contributed by atoms with Gasteiger partial charge in [0.25, 0.3) is 0 Å². The van der Waals surface area contributed by atoms with Crippen molar-refractivity contribution in [3.63, 3.8) is 0 Å². The topological polar surface area (TPSA) is 0 Å². The molecule has 0 spiro atoms. The molecule has 0 atom stereocenters. The molecule has 6 aromatic rings. The van der Waals surface area contributed by atoms with Gasteiger partial charge in [0.1, 0.15) is 0 Å². The molecule has 35 heavy (non-hydrogen) atoms. The molecule has 0 N–H and O–H groups in total. The van der Waals surface area contributed by atoms with E-state index < -0.39 is 0 Å². The first kappa shape index (κ1) is 20.2. The Balaban J connectivity index is 1.67. The van der Waals surface area contributed by atoms with Gasteiger partial charge in [-0.25, -0.2) is 0 Å². The van der Waals surface area contributed by atoms with Crippen LogP contribution < -0.4 is 0 Å². The Labute approximate surface area is 206 Å². The third-order valence-corrected chi connectivity index (χ3v) is 7.87. The highest BCUT2D eigenvalue weighted by Gasteiger charge is 2.37. The summed E-state index contributed by atoms with van der Waals surface area (Å²) in [5.74, 6) is 0. The maximum absolute atomic E-state index is 2.36. The van der Waals surface area contributed by atoms with Crippen LogP contribution in [-0.4, -0.2) is 0 Å². The molecule has 1 aliphatic carbocycles. The summed E-state index contributed by atoms with van der Waals surface area (Å²) in [7, 11) is 0. The smallest absolute Gasteiger partial charge is 0.0159 e. The molecule has 7 rings (SSSR count). The van der Waals surface area contributed by atoms with E-state index in [1.54, 1.807) is 0 Å². The number of benzene rings is 6. The normalized spacial score (nSPS) is 13.7. The van der Waals surface area contributed by atoms with Gasteiger partial charge in [0, 0.05) is 5.41 Å². The van der Waals surface area contributed by atoms with Gasteiger partial charge in [-0.05, 0) is 66.1 Å². The second kappa shape index (κ2) is 7.42. The van der Waals surface area contributed by atoms with Gasteiger partial charge in [-0.1, -0.05) is 135 Å². The predicted molar refractivity (Wildman–Crippen MR) is 150 cm³/mol. The molecule has 0 heterocycles. The lowest BCUT2D eigenvalue weighted by Gasteiger charge is -2.22. The highest BCUT2D eigenvalue weighted by atomic mass is 14.4. The number of fused-ring (bicyclic) bond motifs is 5. The number of hydrogen-bond acceptors (Lipinski definition) is 0. The molecule has 0 aromatic heterocycles. The molecule has 0 radical (unpaired) electrons. The average molecular weight is 447 g/mol. The van der Waals surface area contributed by atoms with E-state index in [0.29, 0.717) is 0 Å². The van der Waals surface area contributed by atoms with Crippen LogP contribution in [0.1, 0.15) is 25.0 Å². The van der Waals surface area contributed by atoms with Crippen molar-refractivity contribution in [2.45, 2.75) is 19.3 Å². The highest BCUT2D eigenvalue weighted by molar-refractivity contribution is 6.22. The van der Waals surface area contributed by atoms with Crippen molar-refractivity contribution in [3.05, 3.63) is 132 Å². The van der Waals surface area contributed by atoms with Gasteiger partial charge < -0.3 is 0 Å². The Hall–Kier alpha value is -4.16. The fraction of sp³-hybridized carbons (Fsp3) is 0.0857. The average Bonchev–Trinajstić information content (AvgIpc) is 3.15. The van der Waals surface area contributed by atoms with Crippen molar-refractivity contribution in [2.75, 3.05) is 0 Å². The fourth-order valence-corrected chi connectivity index (χ4v) is 6.30. The zero-order valence-corrected chi connectivity index (χ0v) is 20.0. The minimum absolute atomic E-state index is 0.0163. The minimum atomic E-state index is -0.0163. The summed E-state index contributed by atoms with van der Waals surface area (Å²) in [4.78, 5) is 0. The zero-order valence-electron chi connectivity index (χ0n) is 20.0. The first-order valence-electron chi connectivity index (χ1n) is 12.4. The molecule has 1 aliphatic rings. The van der Waals surface area contributed by atoms with Crippen LogP contribution in [0.15, 0.2) is 121 Å². The first-order chi connectivity index (χ1) is 17.2.